The molecule has 3 saturated heterocycles. The van der Waals surface area contributed by atoms with Crippen LogP contribution in [0.3, 0.4) is 0 Å². The molecule has 10 nitrogen and oxygen atoms in total. The first-order valence-corrected chi connectivity index (χ1v) is 13.5. The first-order valence-electron chi connectivity index (χ1n) is 13.5. The number of likely N-dealkylation sites (tertiary alicyclic amines) is 1. The Morgan fingerprint density at radius 2 is 1.97 bits per heavy atom. The van der Waals surface area contributed by atoms with E-state index in [2.05, 4.69) is 33.4 Å². The number of piperidine rings is 1. The maximum Gasteiger partial charge on any atom is 0.255 e. The molecule has 0 spiro atoms. The summed E-state index contributed by atoms with van der Waals surface area (Å²) in [6.45, 7) is 4.32. The Morgan fingerprint density at radius 1 is 1.08 bits per heavy atom. The van der Waals surface area contributed by atoms with Crippen LogP contribution in [0.5, 0.6) is 5.75 Å². The minimum Gasteiger partial charge on any atom is -0.489 e. The summed E-state index contributed by atoms with van der Waals surface area (Å²) in [6, 6.07) is 11.3. The predicted molar refractivity (Wildman–Crippen MR) is 140 cm³/mol. The molecule has 4 aliphatic heterocycles. The number of hydrogen-bond acceptors (Lipinski definition) is 8. The van der Waals surface area contributed by atoms with Gasteiger partial charge in [-0.25, -0.2) is 9.97 Å². The van der Waals surface area contributed by atoms with Crippen LogP contribution in [-0.4, -0.2) is 75.9 Å². The van der Waals surface area contributed by atoms with Gasteiger partial charge in [0.15, 0.2) is 0 Å². The summed E-state index contributed by atoms with van der Waals surface area (Å²) < 4.78 is 11.6. The van der Waals surface area contributed by atoms with E-state index >= 15 is 0 Å². The normalized spacial score (nSPS) is 23.7. The predicted octanol–water partition coefficient (Wildman–Crippen LogP) is 2.16. The second-order valence-electron chi connectivity index (χ2n) is 10.8. The monoisotopic (exact) mass is 527 g/mol. The summed E-state index contributed by atoms with van der Waals surface area (Å²) in [5, 5.41) is 3.39. The van der Waals surface area contributed by atoms with Gasteiger partial charge < -0.3 is 14.4 Å². The van der Waals surface area contributed by atoms with Crippen molar-refractivity contribution >= 4 is 28.6 Å². The van der Waals surface area contributed by atoms with Crippen LogP contribution in [-0.2, 0) is 27.4 Å². The van der Waals surface area contributed by atoms with Crippen LogP contribution in [0.15, 0.2) is 42.6 Å². The lowest BCUT2D eigenvalue weighted by Crippen LogP contribution is -2.52. The van der Waals surface area contributed by atoms with Crippen LogP contribution in [0.4, 0.5) is 0 Å². The second-order valence-corrected chi connectivity index (χ2v) is 10.8. The van der Waals surface area contributed by atoms with E-state index in [1.54, 1.807) is 11.0 Å². The Hall–Kier alpha value is -3.89. The molecule has 0 saturated carbocycles. The summed E-state index contributed by atoms with van der Waals surface area (Å²) in [5.41, 5.74) is 3.62. The van der Waals surface area contributed by atoms with Gasteiger partial charge in [0.1, 0.15) is 23.7 Å². The lowest BCUT2D eigenvalue weighted by Gasteiger charge is -2.29. The van der Waals surface area contributed by atoms with Crippen molar-refractivity contribution < 1.29 is 23.9 Å². The Balaban J connectivity index is 0.968. The molecule has 200 valence electrons. The van der Waals surface area contributed by atoms with Gasteiger partial charge in [0.2, 0.25) is 11.8 Å². The third-order valence-electron chi connectivity index (χ3n) is 8.10. The number of imide groups is 1. The van der Waals surface area contributed by atoms with Gasteiger partial charge in [0.25, 0.3) is 5.91 Å². The smallest absolute Gasteiger partial charge is 0.255 e. The zero-order valence-corrected chi connectivity index (χ0v) is 21.5. The molecule has 2 atom stereocenters. The number of rotatable bonds is 6. The first kappa shape index (κ1) is 24.2. The molecule has 5 heterocycles. The number of amides is 3. The van der Waals surface area contributed by atoms with E-state index < -0.39 is 11.9 Å². The quantitative estimate of drug-likeness (QED) is 0.485. The van der Waals surface area contributed by atoms with Crippen LogP contribution in [0, 0.1) is 0 Å². The molecule has 3 fully saturated rings. The maximum absolute atomic E-state index is 12.9. The number of hydrogen-bond donors (Lipinski definition) is 1. The highest BCUT2D eigenvalue weighted by atomic mass is 16.5. The van der Waals surface area contributed by atoms with Gasteiger partial charge in [-0.15, -0.1) is 0 Å². The van der Waals surface area contributed by atoms with Crippen molar-refractivity contribution in [2.45, 2.75) is 50.4 Å². The van der Waals surface area contributed by atoms with E-state index in [1.807, 2.05) is 18.3 Å². The highest BCUT2D eigenvalue weighted by Crippen LogP contribution is 2.31. The third-order valence-corrected chi connectivity index (χ3v) is 8.10. The molecule has 1 unspecified atom stereocenters. The summed E-state index contributed by atoms with van der Waals surface area (Å²) in [5.74, 6) is 1.04. The van der Waals surface area contributed by atoms with Gasteiger partial charge in [0.05, 0.1) is 24.6 Å². The van der Waals surface area contributed by atoms with Gasteiger partial charge in [-0.1, -0.05) is 6.07 Å². The van der Waals surface area contributed by atoms with Gasteiger partial charge >= 0.3 is 0 Å². The van der Waals surface area contributed by atoms with E-state index in [0.29, 0.717) is 37.7 Å². The number of aromatic nitrogens is 2. The standard InChI is InChI=1S/C29H29N5O5/c35-26-6-5-25(28(36)32-26)34-13-19-10-21(2-3-23(19)29(34)37)39-22-7-8-33(14-22)12-17-1-4-24-18(9-17)11-30-27(31-24)20-15-38-16-20/h1-4,9-11,20,22,25H,5-8,12-16H2,(H,32,35,36)/t22-,25?/m0/s1. The van der Waals surface area contributed by atoms with E-state index in [4.69, 9.17) is 14.5 Å². The van der Waals surface area contributed by atoms with E-state index in [1.165, 1.54) is 5.56 Å². The maximum atomic E-state index is 12.9. The SMILES string of the molecule is O=C1CCC(N2Cc3cc(O[C@H]4CCN(Cc5ccc6nc(C7COC7)ncc6c5)C4)ccc3C2=O)C(=O)N1. The molecule has 7 rings (SSSR count). The lowest BCUT2D eigenvalue weighted by atomic mass is 10.0. The third kappa shape index (κ3) is 4.63. The molecule has 0 bridgehead atoms. The van der Waals surface area contributed by atoms with Gasteiger partial charge in [-0.05, 0) is 54.3 Å². The summed E-state index contributed by atoms with van der Waals surface area (Å²) in [7, 11) is 0. The van der Waals surface area contributed by atoms with Crippen molar-refractivity contribution in [1.82, 2.24) is 25.1 Å². The molecule has 2 aromatic carbocycles. The van der Waals surface area contributed by atoms with Crippen LogP contribution in [0.1, 0.15) is 52.5 Å². The molecule has 39 heavy (non-hydrogen) atoms. The largest absolute Gasteiger partial charge is 0.489 e. The van der Waals surface area contributed by atoms with E-state index in [-0.39, 0.29) is 24.3 Å². The Labute approximate surface area is 225 Å². The zero-order valence-electron chi connectivity index (χ0n) is 21.5. The highest BCUT2D eigenvalue weighted by Gasteiger charge is 2.39. The van der Waals surface area contributed by atoms with Crippen LogP contribution < -0.4 is 10.1 Å². The number of nitrogens with one attached hydrogen (secondary N) is 1. The van der Waals surface area contributed by atoms with Crippen molar-refractivity contribution in [3.63, 3.8) is 0 Å². The average Bonchev–Trinajstić information content (AvgIpc) is 3.46. The number of carbonyl (C=O) groups excluding carboxylic acids is 3. The number of benzene rings is 2. The number of nitrogens with zero attached hydrogens (tertiary/aromatic N) is 4. The Morgan fingerprint density at radius 3 is 2.79 bits per heavy atom. The van der Waals surface area contributed by atoms with E-state index in [9.17, 15) is 14.4 Å². The van der Waals surface area contributed by atoms with Crippen LogP contribution in [0.2, 0.25) is 0 Å². The zero-order chi connectivity index (χ0) is 26.5. The highest BCUT2D eigenvalue weighted by molar-refractivity contribution is 6.05. The molecule has 0 aliphatic carbocycles. The molecule has 4 aliphatic rings. The minimum absolute atomic E-state index is 0.0578. The molecular weight excluding hydrogens is 498 g/mol. The molecule has 1 N–H and O–H groups in total. The van der Waals surface area contributed by atoms with Crippen LogP contribution in [0.25, 0.3) is 10.9 Å². The summed E-state index contributed by atoms with van der Waals surface area (Å²) in [6.07, 6.45) is 3.49. The Kier molecular flexibility index (Phi) is 6.01. The molecule has 1 aromatic heterocycles. The fraction of sp³-hybridized carbons (Fsp3) is 0.414. The van der Waals surface area contributed by atoms with Crippen molar-refractivity contribution in [2.75, 3.05) is 26.3 Å². The first-order chi connectivity index (χ1) is 19.0. The van der Waals surface area contributed by atoms with Gasteiger partial charge in [0, 0.05) is 49.7 Å². The average molecular weight is 528 g/mol. The van der Waals surface area contributed by atoms with E-state index in [0.717, 1.165) is 54.1 Å². The fourth-order valence-electron chi connectivity index (χ4n) is 5.89. The van der Waals surface area contributed by atoms with Crippen molar-refractivity contribution in [3.05, 3.63) is 65.1 Å². The second kappa shape index (κ2) is 9.69. The summed E-state index contributed by atoms with van der Waals surface area (Å²) in [4.78, 5) is 49.9. The number of carbonyl (C=O) groups is 3. The fourth-order valence-corrected chi connectivity index (χ4v) is 5.89. The van der Waals surface area contributed by atoms with Crippen molar-refractivity contribution in [1.29, 1.82) is 0 Å². The molecule has 3 amide bonds. The number of ether oxygens (including phenoxy) is 2. The molecule has 10 heteroatoms. The molecular formula is C29H29N5O5. The van der Waals surface area contributed by atoms with Crippen molar-refractivity contribution in [2.24, 2.45) is 0 Å². The van der Waals surface area contributed by atoms with Gasteiger partial charge in [-0.3, -0.25) is 24.6 Å². The van der Waals surface area contributed by atoms with Crippen LogP contribution >= 0.6 is 0 Å². The molecule has 0 radical (unpaired) electrons. The number of fused-ring (bicyclic) bond motifs is 2. The lowest BCUT2D eigenvalue weighted by molar-refractivity contribution is -0.136. The van der Waals surface area contributed by atoms with Gasteiger partial charge in [-0.2, -0.15) is 0 Å². The molecule has 3 aromatic rings. The summed E-state index contributed by atoms with van der Waals surface area (Å²) >= 11 is 0. The van der Waals surface area contributed by atoms with Crippen molar-refractivity contribution in [3.8, 4) is 5.75 Å². The topological polar surface area (TPSA) is 114 Å². The minimum atomic E-state index is -0.614. The Bertz CT molecular complexity index is 1490.